The summed E-state index contributed by atoms with van der Waals surface area (Å²) in [6.45, 7) is 4.24. The summed E-state index contributed by atoms with van der Waals surface area (Å²) in [7, 11) is 0. The van der Waals surface area contributed by atoms with Gasteiger partial charge < -0.3 is 10.1 Å². The quantitative estimate of drug-likeness (QED) is 0.716. The lowest BCUT2D eigenvalue weighted by Gasteiger charge is -1.98. The van der Waals surface area contributed by atoms with Gasteiger partial charge in [0.05, 0.1) is 12.1 Å². The van der Waals surface area contributed by atoms with Crippen LogP contribution in [0.3, 0.4) is 0 Å². The molecule has 0 unspecified atom stereocenters. The summed E-state index contributed by atoms with van der Waals surface area (Å²) >= 11 is 1.40. The highest BCUT2D eigenvalue weighted by Crippen LogP contribution is 2.26. The first-order valence-corrected chi connectivity index (χ1v) is 7.04. The van der Waals surface area contributed by atoms with E-state index in [-0.39, 0.29) is 6.61 Å². The van der Waals surface area contributed by atoms with Crippen LogP contribution in [0, 0.1) is 13.8 Å². The molecule has 0 bridgehead atoms. The monoisotopic (exact) mass is 274 g/mol. The van der Waals surface area contributed by atoms with E-state index >= 15 is 0 Å². The van der Waals surface area contributed by atoms with Crippen molar-refractivity contribution < 1.29 is 5.11 Å². The summed E-state index contributed by atoms with van der Waals surface area (Å²) in [4.78, 5) is 7.74. The molecule has 0 aliphatic heterocycles. The molecule has 2 aromatic heterocycles. The number of aliphatic hydroxyl groups excluding tert-OH is 1. The maximum atomic E-state index is 8.82. The number of nitrogens with zero attached hydrogens (tertiary/aromatic N) is 3. The van der Waals surface area contributed by atoms with E-state index in [1.807, 2.05) is 0 Å². The summed E-state index contributed by atoms with van der Waals surface area (Å²) in [6.07, 6.45) is 0. The summed E-state index contributed by atoms with van der Waals surface area (Å²) in [5.41, 5.74) is 4.99. The van der Waals surface area contributed by atoms with Gasteiger partial charge in [0.1, 0.15) is 5.52 Å². The number of benzene rings is 1. The van der Waals surface area contributed by atoms with Gasteiger partial charge in [-0.25, -0.2) is 4.98 Å². The van der Waals surface area contributed by atoms with Gasteiger partial charge in [-0.15, -0.1) is 10.2 Å². The summed E-state index contributed by atoms with van der Waals surface area (Å²) in [5.74, 6) is 0.575. The van der Waals surface area contributed by atoms with E-state index in [0.29, 0.717) is 10.9 Å². The highest BCUT2D eigenvalue weighted by atomic mass is 32.2. The van der Waals surface area contributed by atoms with E-state index in [0.717, 1.165) is 22.1 Å². The van der Waals surface area contributed by atoms with Crippen molar-refractivity contribution in [1.29, 1.82) is 0 Å². The Morgan fingerprint density at radius 2 is 2.11 bits per heavy atom. The molecule has 0 saturated carbocycles. The fourth-order valence-corrected chi connectivity index (χ4v) is 2.74. The van der Waals surface area contributed by atoms with Crippen LogP contribution >= 0.6 is 11.8 Å². The number of aromatic amines is 1. The molecule has 5 nitrogen and oxygen atoms in total. The van der Waals surface area contributed by atoms with E-state index in [1.165, 1.54) is 22.9 Å². The molecule has 0 saturated heterocycles. The number of H-pyrrole nitrogens is 1. The fraction of sp³-hybridized carbons (Fsp3) is 0.308. The van der Waals surface area contributed by atoms with Crippen molar-refractivity contribution >= 4 is 33.8 Å². The van der Waals surface area contributed by atoms with Gasteiger partial charge in [-0.3, -0.25) is 0 Å². The summed E-state index contributed by atoms with van der Waals surface area (Å²) < 4.78 is 0. The SMILES string of the molecule is Cc1cc(C)c2[nH]c3nc(SCCO)nnc3c2c1. The van der Waals surface area contributed by atoms with Gasteiger partial charge in [-0.2, -0.15) is 0 Å². The number of hydrogen-bond donors (Lipinski definition) is 2. The lowest BCUT2D eigenvalue weighted by atomic mass is 10.1. The normalized spacial score (nSPS) is 11.5. The average Bonchev–Trinajstić information content (AvgIpc) is 2.75. The van der Waals surface area contributed by atoms with Crippen LogP contribution in [0.5, 0.6) is 0 Å². The number of aliphatic hydroxyl groups is 1. The van der Waals surface area contributed by atoms with Gasteiger partial charge >= 0.3 is 0 Å². The van der Waals surface area contributed by atoms with Crippen molar-refractivity contribution in [2.24, 2.45) is 0 Å². The van der Waals surface area contributed by atoms with E-state index < -0.39 is 0 Å². The molecular weight excluding hydrogens is 260 g/mol. The number of nitrogens with one attached hydrogen (secondary N) is 1. The van der Waals surface area contributed by atoms with E-state index in [1.54, 1.807) is 0 Å². The minimum absolute atomic E-state index is 0.108. The smallest absolute Gasteiger partial charge is 0.211 e. The molecule has 0 fully saturated rings. The molecule has 2 N–H and O–H groups in total. The van der Waals surface area contributed by atoms with Crippen molar-refractivity contribution in [3.63, 3.8) is 0 Å². The molecule has 6 heteroatoms. The highest BCUT2D eigenvalue weighted by molar-refractivity contribution is 7.99. The Balaban J connectivity index is 2.19. The van der Waals surface area contributed by atoms with Crippen molar-refractivity contribution in [1.82, 2.24) is 20.2 Å². The van der Waals surface area contributed by atoms with E-state index in [2.05, 4.69) is 46.1 Å². The Morgan fingerprint density at radius 1 is 1.26 bits per heavy atom. The zero-order valence-electron chi connectivity index (χ0n) is 10.8. The van der Waals surface area contributed by atoms with Crippen LogP contribution in [-0.2, 0) is 0 Å². The van der Waals surface area contributed by atoms with Crippen LogP contribution in [0.15, 0.2) is 17.3 Å². The Bertz CT molecular complexity index is 753. The average molecular weight is 274 g/mol. The highest BCUT2D eigenvalue weighted by Gasteiger charge is 2.11. The Labute approximate surface area is 114 Å². The second-order valence-corrected chi connectivity index (χ2v) is 5.56. The molecule has 0 aliphatic carbocycles. The minimum atomic E-state index is 0.108. The molecule has 2 heterocycles. The first-order valence-electron chi connectivity index (χ1n) is 6.06. The number of aromatic nitrogens is 4. The van der Waals surface area contributed by atoms with Crippen molar-refractivity contribution in [2.75, 3.05) is 12.4 Å². The Kier molecular flexibility index (Phi) is 3.12. The van der Waals surface area contributed by atoms with E-state index in [9.17, 15) is 0 Å². The van der Waals surface area contributed by atoms with Gasteiger partial charge in [0.2, 0.25) is 5.16 Å². The van der Waals surface area contributed by atoms with Gasteiger partial charge in [0.25, 0.3) is 0 Å². The molecular formula is C13H14N4OS. The molecule has 0 radical (unpaired) electrons. The maximum absolute atomic E-state index is 8.82. The van der Waals surface area contributed by atoms with Crippen LogP contribution in [0.2, 0.25) is 0 Å². The van der Waals surface area contributed by atoms with E-state index in [4.69, 9.17) is 5.11 Å². The molecule has 3 aromatic rings. The van der Waals surface area contributed by atoms with Crippen LogP contribution < -0.4 is 0 Å². The Morgan fingerprint density at radius 3 is 2.89 bits per heavy atom. The van der Waals surface area contributed by atoms with Gasteiger partial charge in [-0.05, 0) is 25.5 Å². The standard InChI is InChI=1S/C13H14N4OS/c1-7-5-8(2)10-9(6-7)11-12(14-10)15-13(17-16-11)19-4-3-18/h5-6,18H,3-4H2,1-2H3,(H,14,15,17). The van der Waals surface area contributed by atoms with Crippen LogP contribution in [-0.4, -0.2) is 37.6 Å². The summed E-state index contributed by atoms with van der Waals surface area (Å²) in [5, 5.41) is 18.8. The largest absolute Gasteiger partial charge is 0.396 e. The van der Waals surface area contributed by atoms with Crippen LogP contribution in [0.4, 0.5) is 0 Å². The number of thioether (sulfide) groups is 1. The first kappa shape index (κ1) is 12.4. The van der Waals surface area contributed by atoms with Crippen molar-refractivity contribution in [3.8, 4) is 0 Å². The minimum Gasteiger partial charge on any atom is -0.396 e. The van der Waals surface area contributed by atoms with Gasteiger partial charge in [0.15, 0.2) is 5.65 Å². The van der Waals surface area contributed by atoms with Crippen LogP contribution in [0.25, 0.3) is 22.1 Å². The second-order valence-electron chi connectivity index (χ2n) is 4.49. The number of hydrogen-bond acceptors (Lipinski definition) is 5. The van der Waals surface area contributed by atoms with Gasteiger partial charge in [-0.1, -0.05) is 23.4 Å². The zero-order chi connectivity index (χ0) is 13.4. The lowest BCUT2D eigenvalue weighted by Crippen LogP contribution is -1.94. The molecule has 98 valence electrons. The topological polar surface area (TPSA) is 74.7 Å². The second kappa shape index (κ2) is 4.79. The summed E-state index contributed by atoms with van der Waals surface area (Å²) in [6, 6.07) is 4.23. The van der Waals surface area contributed by atoms with Crippen molar-refractivity contribution in [2.45, 2.75) is 19.0 Å². The zero-order valence-corrected chi connectivity index (χ0v) is 11.6. The lowest BCUT2D eigenvalue weighted by molar-refractivity contribution is 0.322. The molecule has 1 aromatic carbocycles. The fourth-order valence-electron chi connectivity index (χ4n) is 2.22. The molecule has 0 atom stereocenters. The third-order valence-corrected chi connectivity index (χ3v) is 3.79. The molecule has 0 spiro atoms. The maximum Gasteiger partial charge on any atom is 0.211 e. The number of aryl methyl sites for hydroxylation is 2. The molecule has 19 heavy (non-hydrogen) atoms. The Hall–Kier alpha value is -1.66. The molecule has 3 rings (SSSR count). The predicted octanol–water partition coefficient (Wildman–Crippen LogP) is 2.21. The van der Waals surface area contributed by atoms with Crippen molar-refractivity contribution in [3.05, 3.63) is 23.3 Å². The third-order valence-electron chi connectivity index (χ3n) is 2.97. The molecule has 0 amide bonds. The number of rotatable bonds is 3. The third kappa shape index (κ3) is 2.17. The van der Waals surface area contributed by atoms with Gasteiger partial charge in [0, 0.05) is 11.1 Å². The molecule has 0 aliphatic rings. The van der Waals surface area contributed by atoms with Crippen LogP contribution in [0.1, 0.15) is 11.1 Å². The predicted molar refractivity (Wildman–Crippen MR) is 76.5 cm³/mol. The number of fused-ring (bicyclic) bond motifs is 3. The first-order chi connectivity index (χ1) is 9.19.